The van der Waals surface area contributed by atoms with Crippen LogP contribution in [0.1, 0.15) is 60.1 Å². The first kappa shape index (κ1) is 22.2. The number of aryl methyl sites for hydroxylation is 1. The summed E-state index contributed by atoms with van der Waals surface area (Å²) >= 11 is 0. The van der Waals surface area contributed by atoms with Crippen molar-refractivity contribution < 1.29 is 13.2 Å². The van der Waals surface area contributed by atoms with Crippen LogP contribution in [0.3, 0.4) is 0 Å². The number of sulfonamides is 1. The van der Waals surface area contributed by atoms with E-state index in [9.17, 15) is 13.2 Å². The molecule has 0 radical (unpaired) electrons. The fourth-order valence-electron chi connectivity index (χ4n) is 3.99. The molecule has 0 saturated heterocycles. The first-order valence-corrected chi connectivity index (χ1v) is 12.3. The molecule has 1 aromatic carbocycles. The topological polar surface area (TPSA) is 111 Å². The number of nitrogens with zero attached hydrogens (tertiary/aromatic N) is 4. The highest BCUT2D eigenvalue weighted by Crippen LogP contribution is 2.27. The molecule has 0 bridgehead atoms. The van der Waals surface area contributed by atoms with Gasteiger partial charge < -0.3 is 5.32 Å². The molecule has 2 aromatic heterocycles. The summed E-state index contributed by atoms with van der Waals surface area (Å²) in [5, 5.41) is 11.3. The Morgan fingerprint density at radius 1 is 1.09 bits per heavy atom. The summed E-state index contributed by atoms with van der Waals surface area (Å²) in [5.41, 5.74) is 1.26. The second-order valence-corrected chi connectivity index (χ2v) is 9.91. The molecule has 1 saturated carbocycles. The second-order valence-electron chi connectivity index (χ2n) is 8.14. The molecule has 4 rings (SSSR count). The molecule has 1 amide bonds. The van der Waals surface area contributed by atoms with Gasteiger partial charge in [-0.2, -0.15) is 10.2 Å². The average molecular weight is 457 g/mol. The van der Waals surface area contributed by atoms with Crippen LogP contribution in [0, 0.1) is 0 Å². The Balaban J connectivity index is 1.47. The predicted octanol–water partition coefficient (Wildman–Crippen LogP) is 2.57. The fraction of sp³-hybridized carbons (Fsp3) is 0.409. The van der Waals surface area contributed by atoms with E-state index >= 15 is 0 Å². The molecule has 32 heavy (non-hydrogen) atoms. The van der Waals surface area contributed by atoms with Gasteiger partial charge in [-0.25, -0.2) is 13.1 Å². The molecule has 0 aliphatic heterocycles. The third-order valence-electron chi connectivity index (χ3n) is 5.79. The number of rotatable bonds is 8. The molecule has 1 atom stereocenters. The van der Waals surface area contributed by atoms with E-state index in [1.54, 1.807) is 19.4 Å². The number of aromatic nitrogens is 4. The molecule has 2 heterocycles. The average Bonchev–Trinajstić information content (AvgIpc) is 3.48. The number of hydrogen-bond acceptors (Lipinski definition) is 5. The highest BCUT2D eigenvalue weighted by atomic mass is 32.2. The van der Waals surface area contributed by atoms with Gasteiger partial charge in [0.2, 0.25) is 10.0 Å². The van der Waals surface area contributed by atoms with Crippen molar-refractivity contribution in [3.05, 3.63) is 66.2 Å². The Labute approximate surface area is 187 Å². The maximum absolute atomic E-state index is 13.0. The number of carbonyl (C=O) groups is 1. The summed E-state index contributed by atoms with van der Waals surface area (Å²) in [5.74, 6) is -0.290. The second kappa shape index (κ2) is 9.66. The van der Waals surface area contributed by atoms with Gasteiger partial charge in [-0.1, -0.05) is 49.6 Å². The Bertz CT molecular complexity index is 1150. The van der Waals surface area contributed by atoms with E-state index in [0.717, 1.165) is 18.4 Å². The van der Waals surface area contributed by atoms with Crippen LogP contribution >= 0.6 is 0 Å². The smallest absolute Gasteiger partial charge is 0.254 e. The molecule has 2 N–H and O–H groups in total. The van der Waals surface area contributed by atoms with Crippen molar-refractivity contribution in [2.24, 2.45) is 7.05 Å². The third kappa shape index (κ3) is 5.25. The highest BCUT2D eigenvalue weighted by molar-refractivity contribution is 7.89. The van der Waals surface area contributed by atoms with Crippen LogP contribution in [-0.2, 0) is 17.1 Å². The van der Waals surface area contributed by atoms with Gasteiger partial charge in [-0.3, -0.25) is 14.2 Å². The summed E-state index contributed by atoms with van der Waals surface area (Å²) < 4.78 is 31.1. The van der Waals surface area contributed by atoms with Gasteiger partial charge in [-0.15, -0.1) is 0 Å². The van der Waals surface area contributed by atoms with Gasteiger partial charge in [0.05, 0.1) is 30.0 Å². The lowest BCUT2D eigenvalue weighted by molar-refractivity contribution is 0.0937. The predicted molar refractivity (Wildman–Crippen MR) is 119 cm³/mol. The summed E-state index contributed by atoms with van der Waals surface area (Å²) in [6.45, 7) is 0.00371. The van der Waals surface area contributed by atoms with E-state index in [2.05, 4.69) is 20.2 Å². The molecule has 1 aliphatic carbocycles. The highest BCUT2D eigenvalue weighted by Gasteiger charge is 2.23. The number of amides is 1. The molecule has 1 aliphatic rings. The summed E-state index contributed by atoms with van der Waals surface area (Å²) in [6.07, 6.45) is 11.8. The van der Waals surface area contributed by atoms with Crippen molar-refractivity contribution in [2.75, 3.05) is 6.54 Å². The minimum Gasteiger partial charge on any atom is -0.344 e. The van der Waals surface area contributed by atoms with Crippen LogP contribution in [0.25, 0.3) is 0 Å². The van der Waals surface area contributed by atoms with E-state index in [1.165, 1.54) is 36.3 Å². The SMILES string of the molecule is Cn1cc(S(=O)(=O)NCC(NC(=O)c2cnn(C3CCCCC3)c2)c2ccccc2)cn1. The van der Waals surface area contributed by atoms with Crippen LogP contribution < -0.4 is 10.0 Å². The molecule has 10 heteroatoms. The van der Waals surface area contributed by atoms with Gasteiger partial charge in [0.25, 0.3) is 5.91 Å². The van der Waals surface area contributed by atoms with Crippen molar-refractivity contribution in [3.8, 4) is 0 Å². The monoisotopic (exact) mass is 456 g/mol. The normalized spacial score (nSPS) is 16.0. The van der Waals surface area contributed by atoms with E-state index in [1.807, 2.05) is 35.0 Å². The quantitative estimate of drug-likeness (QED) is 0.541. The standard InChI is InChI=1S/C22H28N6O3S/c1-27-16-20(13-23-27)32(30,31)25-14-21(17-8-4-2-5-9-17)26-22(29)18-12-24-28(15-18)19-10-6-3-7-11-19/h2,4-5,8-9,12-13,15-16,19,21,25H,3,6-7,10-11,14H2,1H3,(H,26,29). The Kier molecular flexibility index (Phi) is 6.71. The minimum atomic E-state index is -3.75. The Hall–Kier alpha value is -2.98. The number of nitrogens with one attached hydrogen (secondary N) is 2. The minimum absolute atomic E-state index is 0.00371. The van der Waals surface area contributed by atoms with E-state index in [0.29, 0.717) is 11.6 Å². The molecule has 170 valence electrons. The lowest BCUT2D eigenvalue weighted by Crippen LogP contribution is -2.37. The molecular weight excluding hydrogens is 428 g/mol. The number of hydrogen-bond donors (Lipinski definition) is 2. The number of benzene rings is 1. The third-order valence-corrected chi connectivity index (χ3v) is 7.17. The van der Waals surface area contributed by atoms with E-state index in [4.69, 9.17) is 0 Å². The maximum atomic E-state index is 13.0. The summed E-state index contributed by atoms with van der Waals surface area (Å²) in [7, 11) is -2.10. The summed E-state index contributed by atoms with van der Waals surface area (Å²) in [6, 6.07) is 9.07. The van der Waals surface area contributed by atoms with Gasteiger partial charge in [0.15, 0.2) is 0 Å². The first-order chi connectivity index (χ1) is 15.4. The van der Waals surface area contributed by atoms with E-state index < -0.39 is 16.1 Å². The molecule has 9 nitrogen and oxygen atoms in total. The first-order valence-electron chi connectivity index (χ1n) is 10.8. The van der Waals surface area contributed by atoms with Gasteiger partial charge in [0.1, 0.15) is 4.90 Å². The zero-order valence-corrected chi connectivity index (χ0v) is 18.8. The van der Waals surface area contributed by atoms with Crippen LogP contribution in [0.4, 0.5) is 0 Å². The van der Waals surface area contributed by atoms with Crippen LogP contribution in [0.5, 0.6) is 0 Å². The molecule has 1 unspecified atom stereocenters. The molecule has 1 fully saturated rings. The van der Waals surface area contributed by atoms with Crippen molar-refractivity contribution in [3.63, 3.8) is 0 Å². The zero-order valence-electron chi connectivity index (χ0n) is 18.0. The number of carbonyl (C=O) groups excluding carboxylic acids is 1. The molecular formula is C22H28N6O3S. The van der Waals surface area contributed by atoms with Gasteiger partial charge in [0, 0.05) is 26.0 Å². The Morgan fingerprint density at radius 3 is 2.53 bits per heavy atom. The van der Waals surface area contributed by atoms with Crippen molar-refractivity contribution >= 4 is 15.9 Å². The summed E-state index contributed by atoms with van der Waals surface area (Å²) in [4.78, 5) is 13.0. The molecule has 3 aromatic rings. The van der Waals surface area contributed by atoms with Gasteiger partial charge in [-0.05, 0) is 18.4 Å². The van der Waals surface area contributed by atoms with Crippen molar-refractivity contribution in [2.45, 2.75) is 49.1 Å². The lowest BCUT2D eigenvalue weighted by atomic mass is 9.96. The van der Waals surface area contributed by atoms with Crippen LogP contribution in [0.15, 0.2) is 60.0 Å². The Morgan fingerprint density at radius 2 is 1.84 bits per heavy atom. The van der Waals surface area contributed by atoms with Crippen molar-refractivity contribution in [1.29, 1.82) is 0 Å². The largest absolute Gasteiger partial charge is 0.344 e. The van der Waals surface area contributed by atoms with Crippen LogP contribution in [0.2, 0.25) is 0 Å². The van der Waals surface area contributed by atoms with Crippen molar-refractivity contribution in [1.82, 2.24) is 29.6 Å². The maximum Gasteiger partial charge on any atom is 0.254 e. The lowest BCUT2D eigenvalue weighted by Gasteiger charge is -2.21. The zero-order chi connectivity index (χ0) is 22.6. The molecule has 0 spiro atoms. The van der Waals surface area contributed by atoms with Crippen LogP contribution in [-0.4, -0.2) is 40.4 Å². The fourth-order valence-corrected chi connectivity index (χ4v) is 5.02. The van der Waals surface area contributed by atoms with E-state index in [-0.39, 0.29) is 17.3 Å². The van der Waals surface area contributed by atoms with Gasteiger partial charge >= 0.3 is 0 Å².